The van der Waals surface area contributed by atoms with Crippen molar-refractivity contribution in [3.63, 3.8) is 0 Å². The van der Waals surface area contributed by atoms with Crippen molar-refractivity contribution in [1.29, 1.82) is 0 Å². The lowest BCUT2D eigenvalue weighted by atomic mass is 10.1. The smallest absolute Gasteiger partial charge is 0.273 e. The summed E-state index contributed by atoms with van der Waals surface area (Å²) >= 11 is 4.89. The van der Waals surface area contributed by atoms with Crippen LogP contribution in [0.1, 0.15) is 40.9 Å². The number of carbonyl (C=O) groups is 2. The second kappa shape index (κ2) is 10.2. The summed E-state index contributed by atoms with van der Waals surface area (Å²) in [6, 6.07) is 15.7. The van der Waals surface area contributed by atoms with Gasteiger partial charge in [0, 0.05) is 35.1 Å². The Bertz CT molecular complexity index is 1040. The Morgan fingerprint density at radius 1 is 0.968 bits per heavy atom. The Balaban J connectivity index is 1.32. The van der Waals surface area contributed by atoms with Crippen molar-refractivity contribution in [2.75, 3.05) is 13.1 Å². The van der Waals surface area contributed by atoms with Crippen LogP contribution in [0.25, 0.3) is 10.6 Å². The van der Waals surface area contributed by atoms with Crippen molar-refractivity contribution in [3.05, 3.63) is 75.2 Å². The number of halogens is 1. The fourth-order valence-corrected chi connectivity index (χ4v) is 4.64. The fourth-order valence-electron chi connectivity index (χ4n) is 3.58. The average molecular weight is 498 g/mol. The Labute approximate surface area is 194 Å². The zero-order valence-corrected chi connectivity index (χ0v) is 19.5. The van der Waals surface area contributed by atoms with Gasteiger partial charge >= 0.3 is 0 Å². The van der Waals surface area contributed by atoms with Crippen LogP contribution in [0, 0.1) is 0 Å². The van der Waals surface area contributed by atoms with E-state index in [4.69, 9.17) is 0 Å². The van der Waals surface area contributed by atoms with Gasteiger partial charge < -0.3 is 10.2 Å². The Morgan fingerprint density at radius 3 is 2.35 bits per heavy atom. The van der Waals surface area contributed by atoms with Gasteiger partial charge in [-0.15, -0.1) is 11.3 Å². The van der Waals surface area contributed by atoms with Gasteiger partial charge in [-0.3, -0.25) is 9.59 Å². The second-order valence-electron chi connectivity index (χ2n) is 7.67. The second-order valence-corrected chi connectivity index (χ2v) is 9.44. The number of carbonyl (C=O) groups excluding carboxylic acids is 2. The zero-order valence-electron chi connectivity index (χ0n) is 17.1. The monoisotopic (exact) mass is 497 g/mol. The van der Waals surface area contributed by atoms with E-state index in [1.165, 1.54) is 17.8 Å². The first-order valence-corrected chi connectivity index (χ1v) is 12.1. The molecule has 1 aliphatic rings. The summed E-state index contributed by atoms with van der Waals surface area (Å²) in [6.07, 6.45) is 3.70. The maximum absolute atomic E-state index is 12.6. The fraction of sp³-hybridized carbons (Fsp3) is 0.292. The molecule has 0 saturated carbocycles. The average Bonchev–Trinajstić information content (AvgIpc) is 3.30. The van der Waals surface area contributed by atoms with Crippen LogP contribution in [0.2, 0.25) is 0 Å². The third kappa shape index (κ3) is 5.80. The predicted molar refractivity (Wildman–Crippen MR) is 127 cm³/mol. The maximum atomic E-state index is 12.6. The van der Waals surface area contributed by atoms with Crippen LogP contribution in [-0.4, -0.2) is 34.8 Å². The molecular formula is C24H24BrN3O2S. The molecule has 5 nitrogen and oxygen atoms in total. The van der Waals surface area contributed by atoms with Crippen LogP contribution in [0.4, 0.5) is 0 Å². The van der Waals surface area contributed by atoms with Gasteiger partial charge in [-0.25, -0.2) is 4.98 Å². The highest BCUT2D eigenvalue weighted by atomic mass is 79.9. The molecule has 1 saturated heterocycles. The van der Waals surface area contributed by atoms with Crippen molar-refractivity contribution < 1.29 is 9.59 Å². The first kappa shape index (κ1) is 21.7. The molecule has 31 heavy (non-hydrogen) atoms. The van der Waals surface area contributed by atoms with E-state index in [2.05, 4.69) is 26.2 Å². The molecule has 0 aliphatic carbocycles. The number of nitrogens with zero attached hydrogens (tertiary/aromatic N) is 2. The number of thiazole rings is 1. The maximum Gasteiger partial charge on any atom is 0.273 e. The minimum absolute atomic E-state index is 0.00723. The van der Waals surface area contributed by atoms with E-state index in [0.29, 0.717) is 18.7 Å². The summed E-state index contributed by atoms with van der Waals surface area (Å²) in [5, 5.41) is 5.65. The quantitative estimate of drug-likeness (QED) is 0.517. The highest BCUT2D eigenvalue weighted by Crippen LogP contribution is 2.25. The van der Waals surface area contributed by atoms with Crippen LogP contribution in [0.5, 0.6) is 0 Å². The van der Waals surface area contributed by atoms with Gasteiger partial charge in [-0.2, -0.15) is 0 Å². The van der Waals surface area contributed by atoms with Crippen molar-refractivity contribution in [3.8, 4) is 10.6 Å². The number of aromatic nitrogens is 1. The van der Waals surface area contributed by atoms with Gasteiger partial charge in [-0.1, -0.05) is 52.3 Å². The van der Waals surface area contributed by atoms with E-state index >= 15 is 0 Å². The Kier molecular flexibility index (Phi) is 7.14. The van der Waals surface area contributed by atoms with E-state index in [1.807, 2.05) is 58.8 Å². The molecule has 7 heteroatoms. The standard InChI is InChI=1S/C24H24BrN3O2S/c25-20-10-6-17(7-11-20)14-22(29)26-15-18-4-8-19(9-5-18)23-27-21(16-31-23)24(30)28-12-2-1-3-13-28/h4-11,16H,1-3,12-15H2,(H,26,29). The summed E-state index contributed by atoms with van der Waals surface area (Å²) in [6.45, 7) is 2.13. The molecule has 2 aromatic carbocycles. The van der Waals surface area contributed by atoms with Crippen LogP contribution in [-0.2, 0) is 17.8 Å². The van der Waals surface area contributed by atoms with Gasteiger partial charge in [0.25, 0.3) is 5.91 Å². The number of benzene rings is 2. The van der Waals surface area contributed by atoms with Crippen molar-refractivity contribution >= 4 is 39.1 Å². The van der Waals surface area contributed by atoms with Gasteiger partial charge in [0.1, 0.15) is 10.7 Å². The molecule has 1 N–H and O–H groups in total. The summed E-state index contributed by atoms with van der Waals surface area (Å²) < 4.78 is 1.000. The molecular weight excluding hydrogens is 474 g/mol. The predicted octanol–water partition coefficient (Wildman–Crippen LogP) is 5.06. The van der Waals surface area contributed by atoms with Crippen LogP contribution in [0.15, 0.2) is 58.4 Å². The molecule has 4 rings (SSSR count). The molecule has 160 valence electrons. The molecule has 2 heterocycles. The molecule has 3 aromatic rings. The van der Waals surface area contributed by atoms with Crippen molar-refractivity contribution in [2.24, 2.45) is 0 Å². The highest BCUT2D eigenvalue weighted by Gasteiger charge is 2.20. The largest absolute Gasteiger partial charge is 0.352 e. The Morgan fingerprint density at radius 2 is 1.65 bits per heavy atom. The van der Waals surface area contributed by atoms with E-state index in [9.17, 15) is 9.59 Å². The number of hydrogen-bond acceptors (Lipinski definition) is 4. The lowest BCUT2D eigenvalue weighted by Gasteiger charge is -2.25. The normalized spacial score (nSPS) is 13.8. The first-order chi connectivity index (χ1) is 15.1. The molecule has 2 amide bonds. The van der Waals surface area contributed by atoms with Gasteiger partial charge in [0.15, 0.2) is 0 Å². The van der Waals surface area contributed by atoms with Crippen LogP contribution < -0.4 is 5.32 Å². The summed E-state index contributed by atoms with van der Waals surface area (Å²) in [4.78, 5) is 31.3. The summed E-state index contributed by atoms with van der Waals surface area (Å²) in [5.41, 5.74) is 3.52. The third-order valence-electron chi connectivity index (χ3n) is 5.34. The molecule has 1 fully saturated rings. The molecule has 0 atom stereocenters. The minimum atomic E-state index is -0.00723. The minimum Gasteiger partial charge on any atom is -0.352 e. The number of hydrogen-bond donors (Lipinski definition) is 1. The summed E-state index contributed by atoms with van der Waals surface area (Å²) in [7, 11) is 0. The molecule has 1 aromatic heterocycles. The SMILES string of the molecule is O=C(Cc1ccc(Br)cc1)NCc1ccc(-c2nc(C(=O)N3CCCCC3)cs2)cc1. The van der Waals surface area contributed by atoms with E-state index in [0.717, 1.165) is 52.1 Å². The van der Waals surface area contributed by atoms with Crippen LogP contribution >= 0.6 is 27.3 Å². The van der Waals surface area contributed by atoms with Crippen molar-refractivity contribution in [1.82, 2.24) is 15.2 Å². The molecule has 0 unspecified atom stereocenters. The molecule has 1 aliphatic heterocycles. The van der Waals surface area contributed by atoms with Crippen LogP contribution in [0.3, 0.4) is 0 Å². The van der Waals surface area contributed by atoms with Gasteiger partial charge in [0.05, 0.1) is 6.42 Å². The van der Waals surface area contributed by atoms with Crippen molar-refractivity contribution in [2.45, 2.75) is 32.2 Å². The lowest BCUT2D eigenvalue weighted by molar-refractivity contribution is -0.120. The number of rotatable bonds is 6. The van der Waals surface area contributed by atoms with E-state index in [1.54, 1.807) is 0 Å². The topological polar surface area (TPSA) is 62.3 Å². The highest BCUT2D eigenvalue weighted by molar-refractivity contribution is 9.10. The first-order valence-electron chi connectivity index (χ1n) is 10.4. The third-order valence-corrected chi connectivity index (χ3v) is 6.76. The number of amides is 2. The van der Waals surface area contributed by atoms with E-state index in [-0.39, 0.29) is 11.8 Å². The Hall–Kier alpha value is -2.51. The van der Waals surface area contributed by atoms with E-state index < -0.39 is 0 Å². The number of nitrogens with one attached hydrogen (secondary N) is 1. The lowest BCUT2D eigenvalue weighted by Crippen LogP contribution is -2.35. The zero-order chi connectivity index (χ0) is 21.6. The molecule has 0 radical (unpaired) electrons. The van der Waals surface area contributed by atoms with Gasteiger partial charge in [-0.05, 0) is 42.5 Å². The summed E-state index contributed by atoms with van der Waals surface area (Å²) in [5.74, 6) is 0.0273. The molecule has 0 spiro atoms. The number of piperidine rings is 1. The molecule has 0 bridgehead atoms. The van der Waals surface area contributed by atoms with Gasteiger partial charge in [0.2, 0.25) is 5.91 Å². The number of likely N-dealkylation sites (tertiary alicyclic amines) is 1.